The predicted molar refractivity (Wildman–Crippen MR) is 67.4 cm³/mol. The van der Waals surface area contributed by atoms with Crippen LogP contribution in [0.25, 0.3) is 0 Å². The number of aryl methyl sites for hydroxylation is 1. The van der Waals surface area contributed by atoms with Crippen LogP contribution >= 0.6 is 0 Å². The molecule has 5 nitrogen and oxygen atoms in total. The summed E-state index contributed by atoms with van der Waals surface area (Å²) >= 11 is 0. The van der Waals surface area contributed by atoms with Crippen molar-refractivity contribution in [3.8, 4) is 0 Å². The molecule has 7 heteroatoms. The van der Waals surface area contributed by atoms with Gasteiger partial charge in [0, 0.05) is 6.07 Å². The highest BCUT2D eigenvalue weighted by Gasteiger charge is 2.15. The van der Waals surface area contributed by atoms with Crippen LogP contribution in [0.5, 0.6) is 0 Å². The van der Waals surface area contributed by atoms with E-state index in [9.17, 15) is 8.78 Å². The molecule has 2 rings (SSSR count). The standard InChI is InChI=1S/C12H14F2N4O/c1-6-3-4-10(19-6)7(2)16-11-8(13)5-9(14)12(17-11)18-15/h3-5,7H,15H2,1-2H3,(H2,16,17,18). The van der Waals surface area contributed by atoms with Gasteiger partial charge in [-0.25, -0.2) is 19.6 Å². The Balaban J connectivity index is 2.23. The van der Waals surface area contributed by atoms with Gasteiger partial charge in [-0.15, -0.1) is 0 Å². The van der Waals surface area contributed by atoms with Gasteiger partial charge >= 0.3 is 0 Å². The van der Waals surface area contributed by atoms with Crippen LogP contribution in [-0.4, -0.2) is 4.98 Å². The number of nitrogen functional groups attached to an aromatic ring is 1. The quantitative estimate of drug-likeness (QED) is 0.587. The van der Waals surface area contributed by atoms with Crippen molar-refractivity contribution in [1.82, 2.24) is 4.98 Å². The second-order valence-electron chi connectivity index (χ2n) is 4.11. The number of hydrogen-bond donors (Lipinski definition) is 3. The lowest BCUT2D eigenvalue weighted by atomic mass is 10.2. The van der Waals surface area contributed by atoms with Gasteiger partial charge in [-0.3, -0.25) is 0 Å². The first-order valence-electron chi connectivity index (χ1n) is 5.66. The zero-order valence-corrected chi connectivity index (χ0v) is 10.5. The third kappa shape index (κ3) is 2.82. The Hall–Kier alpha value is -2.15. The number of anilines is 2. The van der Waals surface area contributed by atoms with Crippen LogP contribution in [0.15, 0.2) is 22.6 Å². The minimum Gasteiger partial charge on any atom is -0.464 e. The zero-order valence-electron chi connectivity index (χ0n) is 10.5. The first kappa shape index (κ1) is 13.3. The van der Waals surface area contributed by atoms with E-state index in [2.05, 4.69) is 15.7 Å². The van der Waals surface area contributed by atoms with Crippen LogP contribution in [0.3, 0.4) is 0 Å². The highest BCUT2D eigenvalue weighted by molar-refractivity contribution is 5.47. The lowest BCUT2D eigenvalue weighted by Crippen LogP contribution is -2.14. The molecule has 4 N–H and O–H groups in total. The minimum absolute atomic E-state index is 0.101. The summed E-state index contributed by atoms with van der Waals surface area (Å²) in [5.74, 6) is 4.49. The smallest absolute Gasteiger partial charge is 0.178 e. The Morgan fingerprint density at radius 1 is 1.26 bits per heavy atom. The van der Waals surface area contributed by atoms with Gasteiger partial charge in [0.1, 0.15) is 11.5 Å². The molecule has 0 bridgehead atoms. The van der Waals surface area contributed by atoms with Crippen LogP contribution in [-0.2, 0) is 0 Å². The van der Waals surface area contributed by atoms with Gasteiger partial charge in [-0.1, -0.05) is 0 Å². The number of nitrogens with zero attached hydrogens (tertiary/aromatic N) is 1. The lowest BCUT2D eigenvalue weighted by Gasteiger charge is -2.14. The van der Waals surface area contributed by atoms with Crippen LogP contribution in [0.4, 0.5) is 20.4 Å². The maximum absolute atomic E-state index is 13.6. The summed E-state index contributed by atoms with van der Waals surface area (Å²) in [4.78, 5) is 3.72. The van der Waals surface area contributed by atoms with Crippen molar-refractivity contribution in [2.24, 2.45) is 5.84 Å². The predicted octanol–water partition coefficient (Wildman–Crippen LogP) is 2.72. The summed E-state index contributed by atoms with van der Waals surface area (Å²) in [6, 6.07) is 3.97. The zero-order chi connectivity index (χ0) is 14.0. The van der Waals surface area contributed by atoms with E-state index in [0.29, 0.717) is 11.8 Å². The van der Waals surface area contributed by atoms with Crippen molar-refractivity contribution in [3.05, 3.63) is 41.4 Å². The van der Waals surface area contributed by atoms with E-state index in [1.807, 2.05) is 6.92 Å². The summed E-state index contributed by atoms with van der Waals surface area (Å²) in [5, 5.41) is 2.80. The fourth-order valence-electron chi connectivity index (χ4n) is 1.63. The van der Waals surface area contributed by atoms with Gasteiger partial charge in [0.2, 0.25) is 0 Å². The molecular formula is C12H14F2N4O. The van der Waals surface area contributed by atoms with Crippen LogP contribution in [0.1, 0.15) is 24.5 Å². The SMILES string of the molecule is Cc1ccc(C(C)Nc2nc(NN)c(F)cc2F)o1. The highest BCUT2D eigenvalue weighted by atomic mass is 19.1. The first-order valence-corrected chi connectivity index (χ1v) is 5.66. The van der Waals surface area contributed by atoms with Gasteiger partial charge in [-0.2, -0.15) is 0 Å². The number of pyridine rings is 1. The Morgan fingerprint density at radius 2 is 1.95 bits per heavy atom. The Bertz CT molecular complexity index is 585. The molecule has 0 spiro atoms. The molecule has 1 atom stereocenters. The first-order chi connectivity index (χ1) is 9.01. The maximum atomic E-state index is 13.6. The fourth-order valence-corrected chi connectivity index (χ4v) is 1.63. The Morgan fingerprint density at radius 3 is 2.53 bits per heavy atom. The van der Waals surface area contributed by atoms with Crippen LogP contribution < -0.4 is 16.6 Å². The van der Waals surface area contributed by atoms with E-state index in [0.717, 1.165) is 5.76 Å². The van der Waals surface area contributed by atoms with Crippen molar-refractivity contribution in [1.29, 1.82) is 0 Å². The summed E-state index contributed by atoms with van der Waals surface area (Å²) < 4.78 is 32.2. The van der Waals surface area contributed by atoms with Crippen molar-refractivity contribution in [2.45, 2.75) is 19.9 Å². The number of rotatable bonds is 4. The topological polar surface area (TPSA) is 76.1 Å². The molecule has 0 saturated heterocycles. The van der Waals surface area contributed by atoms with E-state index in [4.69, 9.17) is 10.3 Å². The van der Waals surface area contributed by atoms with Gasteiger partial charge in [-0.05, 0) is 26.0 Å². The molecule has 0 saturated carbocycles. The normalized spacial score (nSPS) is 12.3. The number of halogens is 2. The average molecular weight is 268 g/mol. The van der Waals surface area contributed by atoms with Crippen molar-refractivity contribution in [3.63, 3.8) is 0 Å². The van der Waals surface area contributed by atoms with E-state index in [1.54, 1.807) is 19.1 Å². The second-order valence-corrected chi connectivity index (χ2v) is 4.11. The monoisotopic (exact) mass is 268 g/mol. The van der Waals surface area contributed by atoms with E-state index >= 15 is 0 Å². The van der Waals surface area contributed by atoms with Gasteiger partial charge in [0.15, 0.2) is 23.3 Å². The molecule has 102 valence electrons. The summed E-state index contributed by atoms with van der Waals surface area (Å²) in [6.07, 6.45) is 0. The second kappa shape index (κ2) is 5.23. The van der Waals surface area contributed by atoms with E-state index in [-0.39, 0.29) is 17.7 Å². The summed E-state index contributed by atoms with van der Waals surface area (Å²) in [6.45, 7) is 3.59. The van der Waals surface area contributed by atoms with E-state index < -0.39 is 11.6 Å². The highest BCUT2D eigenvalue weighted by Crippen LogP contribution is 2.24. The number of aromatic nitrogens is 1. The minimum atomic E-state index is -0.855. The van der Waals surface area contributed by atoms with Crippen LogP contribution in [0.2, 0.25) is 0 Å². The molecular weight excluding hydrogens is 254 g/mol. The molecule has 0 aliphatic carbocycles. The average Bonchev–Trinajstić information content (AvgIpc) is 2.79. The molecule has 2 aromatic heterocycles. The van der Waals surface area contributed by atoms with Crippen LogP contribution in [0, 0.1) is 18.6 Å². The van der Waals surface area contributed by atoms with Crippen molar-refractivity contribution >= 4 is 11.6 Å². The summed E-state index contributed by atoms with van der Waals surface area (Å²) in [5.41, 5.74) is 2.06. The molecule has 19 heavy (non-hydrogen) atoms. The molecule has 0 aromatic carbocycles. The molecule has 2 aromatic rings. The number of hydrazine groups is 1. The molecule has 0 fully saturated rings. The fraction of sp³-hybridized carbons (Fsp3) is 0.250. The van der Waals surface area contributed by atoms with Gasteiger partial charge in [0.05, 0.1) is 6.04 Å². The Kier molecular flexibility index (Phi) is 3.66. The molecule has 0 aliphatic heterocycles. The molecule has 2 heterocycles. The van der Waals surface area contributed by atoms with Crippen molar-refractivity contribution in [2.75, 3.05) is 10.7 Å². The summed E-state index contributed by atoms with van der Waals surface area (Å²) in [7, 11) is 0. The number of furan rings is 1. The number of nitrogens with two attached hydrogens (primary N) is 1. The third-order valence-electron chi connectivity index (χ3n) is 2.61. The molecule has 0 aliphatic rings. The third-order valence-corrected chi connectivity index (χ3v) is 2.61. The molecule has 0 radical (unpaired) electrons. The number of nitrogens with one attached hydrogen (secondary N) is 2. The molecule has 1 unspecified atom stereocenters. The Labute approximate surface area is 108 Å². The maximum Gasteiger partial charge on any atom is 0.178 e. The van der Waals surface area contributed by atoms with Gasteiger partial charge in [0.25, 0.3) is 0 Å². The van der Waals surface area contributed by atoms with E-state index in [1.165, 1.54) is 0 Å². The van der Waals surface area contributed by atoms with Crippen molar-refractivity contribution < 1.29 is 13.2 Å². The lowest BCUT2D eigenvalue weighted by molar-refractivity contribution is 0.465. The number of hydrogen-bond acceptors (Lipinski definition) is 5. The van der Waals surface area contributed by atoms with Gasteiger partial charge < -0.3 is 15.2 Å². The molecule has 0 amide bonds. The largest absolute Gasteiger partial charge is 0.464 e.